The van der Waals surface area contributed by atoms with Crippen molar-refractivity contribution in [3.05, 3.63) is 84.5 Å². The zero-order valence-electron chi connectivity index (χ0n) is 20.7. The number of anilines is 1. The molecule has 198 valence electrons. The van der Waals surface area contributed by atoms with Gasteiger partial charge >= 0.3 is 11.7 Å². The van der Waals surface area contributed by atoms with E-state index in [1.165, 1.54) is 11.6 Å². The number of hydrogen-bond acceptors (Lipinski definition) is 7. The largest absolute Gasteiger partial charge is 0.462 e. The molecule has 2 heterocycles. The summed E-state index contributed by atoms with van der Waals surface area (Å²) in [6, 6.07) is 11.2. The number of carbonyl (C=O) groups excluding carboxylic acids is 2. The van der Waals surface area contributed by atoms with Gasteiger partial charge in [0, 0.05) is 29.8 Å². The number of hydrogen-bond donors (Lipinski definition) is 1. The molecule has 0 bridgehead atoms. The number of nitrogens with zero attached hydrogens (tertiary/aromatic N) is 4. The molecule has 2 aromatic heterocycles. The number of rotatable bonds is 8. The normalized spacial score (nSPS) is 11.1. The number of aromatic nitrogens is 4. The highest BCUT2D eigenvalue weighted by Gasteiger charge is 2.20. The molecule has 10 nitrogen and oxygen atoms in total. The summed E-state index contributed by atoms with van der Waals surface area (Å²) in [5.41, 5.74) is 0.814. The molecule has 1 N–H and O–H groups in total. The van der Waals surface area contributed by atoms with Gasteiger partial charge in [-0.2, -0.15) is 0 Å². The van der Waals surface area contributed by atoms with Crippen LogP contribution in [0.4, 0.5) is 5.69 Å². The molecule has 2 aromatic carbocycles. The number of imidazole rings is 1. The molecule has 0 atom stereocenters. The maximum atomic E-state index is 13.3. The Labute approximate surface area is 231 Å². The van der Waals surface area contributed by atoms with Crippen LogP contribution in [-0.4, -0.2) is 42.9 Å². The molecule has 0 aliphatic carbocycles. The maximum Gasteiger partial charge on any atom is 0.338 e. The number of ether oxygens (including phenoxy) is 1. The van der Waals surface area contributed by atoms with Crippen LogP contribution >= 0.6 is 35.0 Å². The van der Waals surface area contributed by atoms with Crippen molar-refractivity contribution in [2.24, 2.45) is 14.1 Å². The number of aryl methyl sites for hydroxylation is 2. The molecular formula is C25H23Cl2N5O5S. The second-order valence-corrected chi connectivity index (χ2v) is 10.0. The SMILES string of the molecule is CCOC(=O)c1ccc(NC(=O)CSc2nc3c(c(=O)n(Cc4ccc(Cl)cc4Cl)c(=O)n3C)n2C)cc1. The summed E-state index contributed by atoms with van der Waals surface area (Å²) in [6.45, 7) is 1.96. The highest BCUT2D eigenvalue weighted by Crippen LogP contribution is 2.23. The minimum Gasteiger partial charge on any atom is -0.462 e. The van der Waals surface area contributed by atoms with Gasteiger partial charge in [-0.1, -0.05) is 41.0 Å². The van der Waals surface area contributed by atoms with Crippen LogP contribution in [0.3, 0.4) is 0 Å². The summed E-state index contributed by atoms with van der Waals surface area (Å²) in [7, 11) is 3.17. The van der Waals surface area contributed by atoms with Crippen LogP contribution in [0.25, 0.3) is 11.2 Å². The average Bonchev–Trinajstić information content (AvgIpc) is 3.22. The second-order valence-electron chi connectivity index (χ2n) is 8.23. The number of benzene rings is 2. The van der Waals surface area contributed by atoms with Crippen molar-refractivity contribution in [2.75, 3.05) is 17.7 Å². The lowest BCUT2D eigenvalue weighted by Crippen LogP contribution is -2.39. The van der Waals surface area contributed by atoms with Crippen molar-refractivity contribution in [3.8, 4) is 0 Å². The zero-order valence-corrected chi connectivity index (χ0v) is 23.0. The van der Waals surface area contributed by atoms with Gasteiger partial charge in [0.05, 0.1) is 24.5 Å². The molecular weight excluding hydrogens is 553 g/mol. The Morgan fingerprint density at radius 3 is 2.42 bits per heavy atom. The highest BCUT2D eigenvalue weighted by molar-refractivity contribution is 7.99. The van der Waals surface area contributed by atoms with E-state index >= 15 is 0 Å². The molecule has 0 aliphatic heterocycles. The first-order chi connectivity index (χ1) is 18.1. The van der Waals surface area contributed by atoms with Crippen LogP contribution < -0.4 is 16.6 Å². The Hall–Kier alpha value is -3.54. The summed E-state index contributed by atoms with van der Waals surface area (Å²) in [6.07, 6.45) is 0. The maximum absolute atomic E-state index is 13.3. The van der Waals surface area contributed by atoms with E-state index < -0.39 is 17.2 Å². The smallest absolute Gasteiger partial charge is 0.338 e. The molecule has 4 rings (SSSR count). The van der Waals surface area contributed by atoms with Crippen LogP contribution in [0.5, 0.6) is 0 Å². The quantitative estimate of drug-likeness (QED) is 0.251. The predicted molar refractivity (Wildman–Crippen MR) is 148 cm³/mol. The van der Waals surface area contributed by atoms with Gasteiger partial charge in [-0.25, -0.2) is 14.6 Å². The van der Waals surface area contributed by atoms with E-state index in [0.29, 0.717) is 32.0 Å². The first-order valence-corrected chi connectivity index (χ1v) is 13.1. The fourth-order valence-electron chi connectivity index (χ4n) is 3.74. The van der Waals surface area contributed by atoms with E-state index in [1.54, 1.807) is 61.0 Å². The van der Waals surface area contributed by atoms with E-state index in [2.05, 4.69) is 10.3 Å². The predicted octanol–water partition coefficient (Wildman–Crippen LogP) is 3.70. The third-order valence-electron chi connectivity index (χ3n) is 5.67. The summed E-state index contributed by atoms with van der Waals surface area (Å²) in [4.78, 5) is 55.0. The van der Waals surface area contributed by atoms with Crippen molar-refractivity contribution in [3.63, 3.8) is 0 Å². The first kappa shape index (κ1) is 27.5. The van der Waals surface area contributed by atoms with Crippen molar-refractivity contribution in [1.82, 2.24) is 18.7 Å². The van der Waals surface area contributed by atoms with Gasteiger partial charge in [-0.15, -0.1) is 0 Å². The monoisotopic (exact) mass is 575 g/mol. The van der Waals surface area contributed by atoms with Crippen molar-refractivity contribution in [1.29, 1.82) is 0 Å². The van der Waals surface area contributed by atoms with E-state index in [0.717, 1.165) is 16.3 Å². The summed E-state index contributed by atoms with van der Waals surface area (Å²) < 4.78 is 8.88. The molecule has 0 fully saturated rings. The second kappa shape index (κ2) is 11.5. The summed E-state index contributed by atoms with van der Waals surface area (Å²) >= 11 is 13.3. The van der Waals surface area contributed by atoms with Gasteiger partial charge in [0.1, 0.15) is 0 Å². The van der Waals surface area contributed by atoms with Crippen LogP contribution in [0.2, 0.25) is 10.0 Å². The lowest BCUT2D eigenvalue weighted by Gasteiger charge is -2.10. The van der Waals surface area contributed by atoms with Crippen molar-refractivity contribution in [2.45, 2.75) is 18.6 Å². The molecule has 1 amide bonds. The van der Waals surface area contributed by atoms with Gasteiger partial charge in [0.15, 0.2) is 16.3 Å². The van der Waals surface area contributed by atoms with Gasteiger partial charge in [-0.05, 0) is 48.9 Å². The number of thioether (sulfide) groups is 1. The first-order valence-electron chi connectivity index (χ1n) is 11.4. The molecule has 0 saturated carbocycles. The molecule has 38 heavy (non-hydrogen) atoms. The summed E-state index contributed by atoms with van der Waals surface area (Å²) in [5, 5.41) is 3.93. The fraction of sp³-hybridized carbons (Fsp3) is 0.240. The topological polar surface area (TPSA) is 117 Å². The van der Waals surface area contributed by atoms with Gasteiger partial charge in [0.2, 0.25) is 5.91 Å². The van der Waals surface area contributed by atoms with Crippen LogP contribution in [0.15, 0.2) is 57.2 Å². The third-order valence-corrected chi connectivity index (χ3v) is 7.29. The number of esters is 1. The number of fused-ring (bicyclic) bond motifs is 1. The zero-order chi connectivity index (χ0) is 27.6. The Bertz CT molecular complexity index is 1660. The van der Waals surface area contributed by atoms with E-state index in [1.807, 2.05) is 0 Å². The fourth-order valence-corrected chi connectivity index (χ4v) is 4.98. The summed E-state index contributed by atoms with van der Waals surface area (Å²) in [5.74, 6) is -0.749. The molecule has 0 radical (unpaired) electrons. The standard InChI is InChI=1S/C25H23Cl2N5O5S/c1-4-37-23(35)14-6-9-17(10-7-14)28-19(33)13-38-24-29-21-20(30(24)2)22(34)32(25(36)31(21)3)12-15-5-8-16(26)11-18(15)27/h5-11H,4,12-13H2,1-3H3,(H,28,33). The van der Waals surface area contributed by atoms with Gasteiger partial charge in [-0.3, -0.25) is 18.7 Å². The molecule has 13 heteroatoms. The molecule has 0 unspecified atom stereocenters. The van der Waals surface area contributed by atoms with E-state index in [9.17, 15) is 19.2 Å². The van der Waals surface area contributed by atoms with Crippen molar-refractivity contribution < 1.29 is 14.3 Å². The van der Waals surface area contributed by atoms with Crippen molar-refractivity contribution >= 4 is 63.7 Å². The Morgan fingerprint density at radius 2 is 1.76 bits per heavy atom. The highest BCUT2D eigenvalue weighted by atomic mass is 35.5. The Morgan fingerprint density at radius 1 is 1.05 bits per heavy atom. The lowest BCUT2D eigenvalue weighted by molar-refractivity contribution is -0.113. The van der Waals surface area contributed by atoms with Crippen LogP contribution in [0.1, 0.15) is 22.8 Å². The molecule has 0 aliphatic rings. The van der Waals surface area contributed by atoms with Gasteiger partial charge in [0.25, 0.3) is 5.56 Å². The average molecular weight is 576 g/mol. The minimum absolute atomic E-state index is 0.000685. The number of nitrogens with one attached hydrogen (secondary N) is 1. The minimum atomic E-state index is -0.549. The lowest BCUT2D eigenvalue weighted by atomic mass is 10.2. The van der Waals surface area contributed by atoms with Crippen LogP contribution in [0, 0.1) is 0 Å². The number of carbonyl (C=O) groups is 2. The number of halogens is 2. The molecule has 4 aromatic rings. The Kier molecular flexibility index (Phi) is 8.29. The molecule has 0 saturated heterocycles. The van der Waals surface area contributed by atoms with E-state index in [4.69, 9.17) is 27.9 Å². The van der Waals surface area contributed by atoms with E-state index in [-0.39, 0.29) is 36.0 Å². The number of amides is 1. The van der Waals surface area contributed by atoms with Crippen LogP contribution in [-0.2, 0) is 30.2 Å². The Balaban J connectivity index is 1.53. The third kappa shape index (κ3) is 5.64. The molecule has 0 spiro atoms. The van der Waals surface area contributed by atoms with Gasteiger partial charge < -0.3 is 14.6 Å².